The van der Waals surface area contributed by atoms with Crippen LogP contribution in [0.5, 0.6) is 0 Å². The molecule has 0 spiro atoms. The monoisotopic (exact) mass is 289 g/mol. The van der Waals surface area contributed by atoms with Crippen molar-refractivity contribution in [1.82, 2.24) is 24.6 Å². The van der Waals surface area contributed by atoms with Crippen molar-refractivity contribution in [2.45, 2.75) is 26.8 Å². The smallest absolute Gasteiger partial charge is 0.163 e. The van der Waals surface area contributed by atoms with Crippen molar-refractivity contribution >= 4 is 16.9 Å². The molecule has 3 heterocycles. The van der Waals surface area contributed by atoms with Gasteiger partial charge in [-0.3, -0.25) is 9.58 Å². The fourth-order valence-electron chi connectivity index (χ4n) is 3.00. The number of nitrogen functional groups attached to an aromatic ring is 1. The number of hydrazine groups is 1. The summed E-state index contributed by atoms with van der Waals surface area (Å²) in [4.78, 5) is 11.6. The molecule has 1 atom stereocenters. The van der Waals surface area contributed by atoms with Crippen molar-refractivity contribution in [2.75, 3.05) is 18.5 Å². The standard InChI is InChI=1S/C14H23N7/c1-9(2)10-4-5-21(7-10)8-12-17-13(19-15)11-6-16-20(3)14(11)18-12/h6,9-10H,4-5,7-8,15H2,1-3H3,(H,17,18,19). The summed E-state index contributed by atoms with van der Waals surface area (Å²) >= 11 is 0. The highest BCUT2D eigenvalue weighted by molar-refractivity contribution is 5.86. The predicted molar refractivity (Wildman–Crippen MR) is 82.3 cm³/mol. The predicted octanol–water partition coefficient (Wildman–Crippen LogP) is 1.13. The number of rotatable bonds is 4. The van der Waals surface area contributed by atoms with Gasteiger partial charge in [0.2, 0.25) is 0 Å². The molecule has 1 aliphatic heterocycles. The Labute approximate surface area is 124 Å². The second-order valence-corrected chi connectivity index (χ2v) is 6.17. The van der Waals surface area contributed by atoms with Crippen LogP contribution in [0.3, 0.4) is 0 Å². The first-order valence-corrected chi connectivity index (χ1v) is 7.46. The van der Waals surface area contributed by atoms with E-state index in [9.17, 15) is 0 Å². The number of fused-ring (bicyclic) bond motifs is 1. The highest BCUT2D eigenvalue weighted by Gasteiger charge is 2.25. The number of hydrogen-bond acceptors (Lipinski definition) is 6. The minimum atomic E-state index is 0.641. The van der Waals surface area contributed by atoms with E-state index in [1.54, 1.807) is 10.9 Å². The molecule has 1 saturated heterocycles. The molecular formula is C14H23N7. The van der Waals surface area contributed by atoms with Crippen LogP contribution in [0.2, 0.25) is 0 Å². The molecule has 7 nitrogen and oxygen atoms in total. The molecule has 21 heavy (non-hydrogen) atoms. The first kappa shape index (κ1) is 14.2. The van der Waals surface area contributed by atoms with Gasteiger partial charge in [-0.25, -0.2) is 15.8 Å². The first-order valence-electron chi connectivity index (χ1n) is 7.46. The summed E-state index contributed by atoms with van der Waals surface area (Å²) in [6, 6.07) is 0. The molecule has 0 bridgehead atoms. The Morgan fingerprint density at radius 3 is 2.90 bits per heavy atom. The van der Waals surface area contributed by atoms with E-state index in [4.69, 9.17) is 5.84 Å². The summed E-state index contributed by atoms with van der Waals surface area (Å²) in [6.45, 7) is 7.58. The van der Waals surface area contributed by atoms with Gasteiger partial charge in [0, 0.05) is 13.6 Å². The molecule has 3 N–H and O–H groups in total. The van der Waals surface area contributed by atoms with E-state index in [2.05, 4.69) is 39.2 Å². The van der Waals surface area contributed by atoms with Crippen LogP contribution in [0.25, 0.3) is 11.0 Å². The lowest BCUT2D eigenvalue weighted by molar-refractivity contribution is 0.290. The number of nitrogens with two attached hydrogens (primary N) is 1. The van der Waals surface area contributed by atoms with Crippen LogP contribution in [-0.2, 0) is 13.6 Å². The third-order valence-electron chi connectivity index (χ3n) is 4.39. The fraction of sp³-hybridized carbons (Fsp3) is 0.643. The van der Waals surface area contributed by atoms with Crippen LogP contribution in [-0.4, -0.2) is 37.7 Å². The molecular weight excluding hydrogens is 266 g/mol. The maximum absolute atomic E-state index is 5.57. The van der Waals surface area contributed by atoms with E-state index in [0.717, 1.165) is 48.3 Å². The van der Waals surface area contributed by atoms with Crippen LogP contribution < -0.4 is 11.3 Å². The van der Waals surface area contributed by atoms with Gasteiger partial charge < -0.3 is 5.43 Å². The Hall–Kier alpha value is -1.73. The number of aromatic nitrogens is 4. The maximum atomic E-state index is 5.57. The van der Waals surface area contributed by atoms with Crippen molar-refractivity contribution in [3.8, 4) is 0 Å². The zero-order chi connectivity index (χ0) is 15.0. The van der Waals surface area contributed by atoms with Crippen LogP contribution >= 0.6 is 0 Å². The SMILES string of the molecule is CC(C)C1CCN(Cc2nc(NN)c3cnn(C)c3n2)C1. The van der Waals surface area contributed by atoms with Crippen LogP contribution in [0, 0.1) is 11.8 Å². The van der Waals surface area contributed by atoms with E-state index in [-0.39, 0.29) is 0 Å². The zero-order valence-corrected chi connectivity index (χ0v) is 12.9. The molecule has 1 fully saturated rings. The second kappa shape index (κ2) is 5.57. The van der Waals surface area contributed by atoms with Gasteiger partial charge in [-0.15, -0.1) is 0 Å². The molecule has 1 unspecified atom stereocenters. The lowest BCUT2D eigenvalue weighted by atomic mass is 9.95. The Balaban J connectivity index is 1.83. The molecule has 2 aromatic rings. The third-order valence-corrected chi connectivity index (χ3v) is 4.39. The summed E-state index contributed by atoms with van der Waals surface area (Å²) in [5.74, 6) is 8.52. The molecule has 3 rings (SSSR count). The topological polar surface area (TPSA) is 84.9 Å². The molecule has 1 aliphatic rings. The molecule has 114 valence electrons. The first-order chi connectivity index (χ1) is 10.1. The summed E-state index contributed by atoms with van der Waals surface area (Å²) in [6.07, 6.45) is 2.99. The number of hydrogen-bond donors (Lipinski definition) is 2. The van der Waals surface area contributed by atoms with E-state index in [1.807, 2.05) is 7.05 Å². The normalized spacial score (nSPS) is 19.8. The summed E-state index contributed by atoms with van der Waals surface area (Å²) in [5.41, 5.74) is 3.47. The number of anilines is 1. The molecule has 7 heteroatoms. The zero-order valence-electron chi connectivity index (χ0n) is 12.9. The van der Waals surface area contributed by atoms with Gasteiger partial charge in [0.1, 0.15) is 5.82 Å². The third kappa shape index (κ3) is 2.71. The number of nitrogens with zero attached hydrogens (tertiary/aromatic N) is 5. The van der Waals surface area contributed by atoms with Crippen LogP contribution in [0.1, 0.15) is 26.1 Å². The van der Waals surface area contributed by atoms with E-state index in [1.165, 1.54) is 6.42 Å². The van der Waals surface area contributed by atoms with Gasteiger partial charge in [0.05, 0.1) is 18.1 Å². The van der Waals surface area contributed by atoms with Crippen molar-refractivity contribution in [1.29, 1.82) is 0 Å². The summed E-state index contributed by atoms with van der Waals surface area (Å²) < 4.78 is 1.75. The highest BCUT2D eigenvalue weighted by atomic mass is 15.3. The number of aryl methyl sites for hydroxylation is 1. The maximum Gasteiger partial charge on any atom is 0.163 e. The quantitative estimate of drug-likeness (QED) is 0.648. The van der Waals surface area contributed by atoms with E-state index in [0.29, 0.717) is 5.82 Å². The molecule has 0 saturated carbocycles. The molecule has 0 aliphatic carbocycles. The van der Waals surface area contributed by atoms with Gasteiger partial charge >= 0.3 is 0 Å². The minimum Gasteiger partial charge on any atom is -0.308 e. The molecule has 2 aromatic heterocycles. The Bertz CT molecular complexity index is 634. The van der Waals surface area contributed by atoms with Crippen molar-refractivity contribution < 1.29 is 0 Å². The van der Waals surface area contributed by atoms with E-state index < -0.39 is 0 Å². The van der Waals surface area contributed by atoms with Crippen LogP contribution in [0.15, 0.2) is 6.20 Å². The molecule has 0 radical (unpaired) electrons. The Morgan fingerprint density at radius 2 is 2.24 bits per heavy atom. The summed E-state index contributed by atoms with van der Waals surface area (Å²) in [7, 11) is 1.88. The highest BCUT2D eigenvalue weighted by Crippen LogP contribution is 2.25. The Morgan fingerprint density at radius 1 is 1.43 bits per heavy atom. The summed E-state index contributed by atoms with van der Waals surface area (Å²) in [5, 5.41) is 5.07. The lowest BCUT2D eigenvalue weighted by Crippen LogP contribution is -2.23. The minimum absolute atomic E-state index is 0.641. The van der Waals surface area contributed by atoms with Gasteiger partial charge in [0.25, 0.3) is 0 Å². The van der Waals surface area contributed by atoms with Crippen molar-refractivity contribution in [3.63, 3.8) is 0 Å². The van der Waals surface area contributed by atoms with Crippen molar-refractivity contribution in [3.05, 3.63) is 12.0 Å². The molecule has 0 amide bonds. The van der Waals surface area contributed by atoms with Gasteiger partial charge in [-0.05, 0) is 24.8 Å². The average molecular weight is 289 g/mol. The lowest BCUT2D eigenvalue weighted by Gasteiger charge is -2.17. The van der Waals surface area contributed by atoms with Crippen LogP contribution in [0.4, 0.5) is 5.82 Å². The average Bonchev–Trinajstić information content (AvgIpc) is 3.06. The second-order valence-electron chi connectivity index (χ2n) is 6.17. The number of nitrogens with one attached hydrogen (secondary N) is 1. The Kier molecular flexibility index (Phi) is 3.77. The van der Waals surface area contributed by atoms with Gasteiger partial charge in [-0.1, -0.05) is 13.8 Å². The molecule has 0 aromatic carbocycles. The van der Waals surface area contributed by atoms with Gasteiger partial charge in [0.15, 0.2) is 11.5 Å². The van der Waals surface area contributed by atoms with Gasteiger partial charge in [-0.2, -0.15) is 5.10 Å². The number of likely N-dealkylation sites (tertiary alicyclic amines) is 1. The van der Waals surface area contributed by atoms with E-state index >= 15 is 0 Å². The van der Waals surface area contributed by atoms with Crippen molar-refractivity contribution in [2.24, 2.45) is 24.7 Å². The largest absolute Gasteiger partial charge is 0.308 e. The fourth-order valence-corrected chi connectivity index (χ4v) is 3.00.